The molecule has 14 heavy (non-hydrogen) atoms. The molecule has 0 radical (unpaired) electrons. The molecule has 2 nitrogen and oxygen atoms in total. The van der Waals surface area contributed by atoms with Crippen LogP contribution in [0.15, 0.2) is 12.2 Å². The third-order valence-electron chi connectivity index (χ3n) is 2.81. The van der Waals surface area contributed by atoms with E-state index in [0.29, 0.717) is 6.04 Å². The summed E-state index contributed by atoms with van der Waals surface area (Å²) < 4.78 is 0. The van der Waals surface area contributed by atoms with E-state index in [1.807, 2.05) is 0 Å². The summed E-state index contributed by atoms with van der Waals surface area (Å²) >= 11 is 4.23. The molecule has 0 spiro atoms. The summed E-state index contributed by atoms with van der Waals surface area (Å²) in [4.78, 5) is 5.00. The molecule has 0 aromatic carbocycles. The maximum atomic E-state index is 4.23. The summed E-state index contributed by atoms with van der Waals surface area (Å²) in [5.41, 5.74) is 1.23. The minimum Gasteiger partial charge on any atom is -0.298 e. The Morgan fingerprint density at radius 1 is 1.29 bits per heavy atom. The van der Waals surface area contributed by atoms with Crippen molar-refractivity contribution in [3.8, 4) is 0 Å². The van der Waals surface area contributed by atoms with Gasteiger partial charge < -0.3 is 0 Å². The van der Waals surface area contributed by atoms with Crippen molar-refractivity contribution in [2.45, 2.75) is 19.9 Å². The van der Waals surface area contributed by atoms with Crippen LogP contribution in [-0.2, 0) is 0 Å². The molecule has 0 aromatic rings. The molecule has 1 fully saturated rings. The first-order valence-corrected chi connectivity index (χ1v) is 6.00. The van der Waals surface area contributed by atoms with Crippen molar-refractivity contribution in [3.05, 3.63) is 12.2 Å². The number of rotatable bonds is 4. The quantitative estimate of drug-likeness (QED) is 0.560. The van der Waals surface area contributed by atoms with E-state index >= 15 is 0 Å². The molecule has 1 heterocycles. The smallest absolute Gasteiger partial charge is 0.0199 e. The van der Waals surface area contributed by atoms with Gasteiger partial charge in [0, 0.05) is 44.5 Å². The summed E-state index contributed by atoms with van der Waals surface area (Å²) in [5.74, 6) is 0.810. The Balaban J connectivity index is 2.25. The Bertz CT molecular complexity index is 184. The highest BCUT2D eigenvalue weighted by molar-refractivity contribution is 7.80. The normalized spacial score (nSPS) is 20.3. The standard InChI is InChI=1S/C11H22N2S/c1-10(2)13-6-4-12(5-7-13)8-11(3)9-14/h10,14H,3-9H2,1-2H3. The molecule has 0 N–H and O–H groups in total. The van der Waals surface area contributed by atoms with Gasteiger partial charge in [0.25, 0.3) is 0 Å². The van der Waals surface area contributed by atoms with Gasteiger partial charge in [0.15, 0.2) is 0 Å². The van der Waals surface area contributed by atoms with E-state index in [1.54, 1.807) is 0 Å². The minimum atomic E-state index is 0.685. The molecule has 1 rings (SSSR count). The van der Waals surface area contributed by atoms with Crippen LogP contribution >= 0.6 is 12.6 Å². The van der Waals surface area contributed by atoms with Gasteiger partial charge in [0.1, 0.15) is 0 Å². The van der Waals surface area contributed by atoms with Crippen LogP contribution < -0.4 is 0 Å². The highest BCUT2D eigenvalue weighted by atomic mass is 32.1. The first kappa shape index (κ1) is 12.1. The lowest BCUT2D eigenvalue weighted by atomic mass is 10.2. The molecule has 0 aromatic heterocycles. The SMILES string of the molecule is C=C(CS)CN1CCN(C(C)C)CC1. The van der Waals surface area contributed by atoms with E-state index in [9.17, 15) is 0 Å². The summed E-state index contributed by atoms with van der Waals surface area (Å²) in [5, 5.41) is 0. The van der Waals surface area contributed by atoms with Crippen LogP contribution in [0, 0.1) is 0 Å². The predicted molar refractivity (Wildman–Crippen MR) is 66.1 cm³/mol. The number of thiol groups is 1. The minimum absolute atomic E-state index is 0.685. The van der Waals surface area contributed by atoms with Gasteiger partial charge in [-0.25, -0.2) is 0 Å². The van der Waals surface area contributed by atoms with Gasteiger partial charge in [-0.1, -0.05) is 12.2 Å². The van der Waals surface area contributed by atoms with Gasteiger partial charge in [-0.2, -0.15) is 12.6 Å². The predicted octanol–water partition coefficient (Wildman–Crippen LogP) is 1.50. The molecule has 1 saturated heterocycles. The Labute approximate surface area is 93.4 Å². The second-order valence-corrected chi connectivity index (χ2v) is 4.63. The van der Waals surface area contributed by atoms with E-state index < -0.39 is 0 Å². The first-order valence-electron chi connectivity index (χ1n) is 5.37. The zero-order chi connectivity index (χ0) is 10.6. The van der Waals surface area contributed by atoms with E-state index in [0.717, 1.165) is 12.3 Å². The Kier molecular flexibility index (Phi) is 4.99. The van der Waals surface area contributed by atoms with Crippen LogP contribution in [0.4, 0.5) is 0 Å². The zero-order valence-electron chi connectivity index (χ0n) is 9.37. The average Bonchev–Trinajstić information content (AvgIpc) is 2.18. The molecule has 0 atom stereocenters. The van der Waals surface area contributed by atoms with Crippen molar-refractivity contribution in [2.75, 3.05) is 38.5 Å². The van der Waals surface area contributed by atoms with Crippen molar-refractivity contribution in [2.24, 2.45) is 0 Å². The molecule has 0 aliphatic carbocycles. The molecule has 1 aliphatic rings. The Morgan fingerprint density at radius 2 is 1.86 bits per heavy atom. The van der Waals surface area contributed by atoms with Crippen LogP contribution in [0.3, 0.4) is 0 Å². The third-order valence-corrected chi connectivity index (χ3v) is 3.26. The van der Waals surface area contributed by atoms with Crippen LogP contribution in [-0.4, -0.2) is 54.3 Å². The van der Waals surface area contributed by atoms with Crippen molar-refractivity contribution < 1.29 is 0 Å². The first-order chi connectivity index (χ1) is 6.63. The molecule has 0 amide bonds. The van der Waals surface area contributed by atoms with E-state index in [1.165, 1.54) is 31.8 Å². The van der Waals surface area contributed by atoms with Crippen molar-refractivity contribution in [1.82, 2.24) is 9.80 Å². The van der Waals surface area contributed by atoms with Gasteiger partial charge in [-0.15, -0.1) is 0 Å². The number of hydrogen-bond donors (Lipinski definition) is 1. The lowest BCUT2D eigenvalue weighted by molar-refractivity contribution is 0.115. The highest BCUT2D eigenvalue weighted by Crippen LogP contribution is 2.07. The fourth-order valence-electron chi connectivity index (χ4n) is 1.80. The van der Waals surface area contributed by atoms with Gasteiger partial charge >= 0.3 is 0 Å². The van der Waals surface area contributed by atoms with E-state index in [2.05, 4.69) is 42.9 Å². The molecule has 0 saturated carbocycles. The monoisotopic (exact) mass is 214 g/mol. The van der Waals surface area contributed by atoms with Crippen LogP contribution in [0.5, 0.6) is 0 Å². The highest BCUT2D eigenvalue weighted by Gasteiger charge is 2.18. The Morgan fingerprint density at radius 3 is 2.29 bits per heavy atom. The van der Waals surface area contributed by atoms with Crippen molar-refractivity contribution in [3.63, 3.8) is 0 Å². The second kappa shape index (κ2) is 5.79. The average molecular weight is 214 g/mol. The zero-order valence-corrected chi connectivity index (χ0v) is 10.3. The summed E-state index contributed by atoms with van der Waals surface area (Å²) in [6.45, 7) is 14.3. The third kappa shape index (κ3) is 3.64. The summed E-state index contributed by atoms with van der Waals surface area (Å²) in [6.07, 6.45) is 0. The molecular weight excluding hydrogens is 192 g/mol. The fourth-order valence-corrected chi connectivity index (χ4v) is 1.90. The van der Waals surface area contributed by atoms with Gasteiger partial charge in [-0.05, 0) is 13.8 Å². The van der Waals surface area contributed by atoms with Crippen LogP contribution in [0.2, 0.25) is 0 Å². The van der Waals surface area contributed by atoms with Gasteiger partial charge in [0.2, 0.25) is 0 Å². The van der Waals surface area contributed by atoms with Gasteiger partial charge in [0.05, 0.1) is 0 Å². The summed E-state index contributed by atoms with van der Waals surface area (Å²) in [7, 11) is 0. The van der Waals surface area contributed by atoms with Crippen molar-refractivity contribution >= 4 is 12.6 Å². The molecule has 82 valence electrons. The maximum Gasteiger partial charge on any atom is 0.0199 e. The van der Waals surface area contributed by atoms with Crippen LogP contribution in [0.1, 0.15) is 13.8 Å². The lowest BCUT2D eigenvalue weighted by Gasteiger charge is -2.37. The lowest BCUT2D eigenvalue weighted by Crippen LogP contribution is -2.49. The molecule has 0 bridgehead atoms. The van der Waals surface area contributed by atoms with Crippen LogP contribution in [0.25, 0.3) is 0 Å². The largest absolute Gasteiger partial charge is 0.298 e. The number of nitrogens with zero attached hydrogens (tertiary/aromatic N) is 2. The molecule has 3 heteroatoms. The fraction of sp³-hybridized carbons (Fsp3) is 0.818. The maximum absolute atomic E-state index is 4.23. The number of hydrogen-bond acceptors (Lipinski definition) is 3. The topological polar surface area (TPSA) is 6.48 Å². The Hall–Kier alpha value is 0.01000. The van der Waals surface area contributed by atoms with Crippen molar-refractivity contribution in [1.29, 1.82) is 0 Å². The molecule has 1 aliphatic heterocycles. The summed E-state index contributed by atoms with van der Waals surface area (Å²) in [6, 6.07) is 0.685. The van der Waals surface area contributed by atoms with E-state index in [-0.39, 0.29) is 0 Å². The molecule has 0 unspecified atom stereocenters. The second-order valence-electron chi connectivity index (χ2n) is 4.31. The van der Waals surface area contributed by atoms with Gasteiger partial charge in [-0.3, -0.25) is 9.80 Å². The number of piperazine rings is 1. The molecular formula is C11H22N2S. The van der Waals surface area contributed by atoms with E-state index in [4.69, 9.17) is 0 Å².